The normalized spacial score (nSPS) is 24.6. The summed E-state index contributed by atoms with van der Waals surface area (Å²) >= 11 is 3.55. The second-order valence-corrected chi connectivity index (χ2v) is 5.95. The highest BCUT2D eigenvalue weighted by Gasteiger charge is 2.19. The molecule has 1 saturated heterocycles. The quantitative estimate of drug-likeness (QED) is 0.904. The average Bonchev–Trinajstić information content (AvgIpc) is 2.29. The Morgan fingerprint density at radius 3 is 2.94 bits per heavy atom. The lowest BCUT2D eigenvalue weighted by Crippen LogP contribution is -3.12. The summed E-state index contributed by atoms with van der Waals surface area (Å²) in [6.45, 7) is 6.12. The first-order chi connectivity index (χ1) is 8.19. The van der Waals surface area contributed by atoms with Crippen LogP contribution in [0.3, 0.4) is 0 Å². The molecule has 2 rings (SSSR count). The van der Waals surface area contributed by atoms with Gasteiger partial charge in [-0.3, -0.25) is 0 Å². The van der Waals surface area contributed by atoms with Gasteiger partial charge in [0.1, 0.15) is 12.3 Å². The Morgan fingerprint density at radius 2 is 2.29 bits per heavy atom. The van der Waals surface area contributed by atoms with Gasteiger partial charge in [0.05, 0.1) is 24.7 Å². The summed E-state index contributed by atoms with van der Waals surface area (Å²) in [5, 5.41) is 0. The zero-order valence-electron chi connectivity index (χ0n) is 10.6. The molecule has 0 saturated carbocycles. The predicted octanol–water partition coefficient (Wildman–Crippen LogP) is 2.27. The molecular weight excluding hydrogens is 278 g/mol. The first-order valence-corrected chi connectivity index (χ1v) is 7.14. The van der Waals surface area contributed by atoms with E-state index in [1.807, 2.05) is 6.07 Å². The fraction of sp³-hybridized carbons (Fsp3) is 0.571. The second kappa shape index (κ2) is 5.87. The van der Waals surface area contributed by atoms with Crippen LogP contribution in [0.5, 0.6) is 5.75 Å². The number of likely N-dealkylation sites (tertiary alicyclic amines) is 1. The van der Waals surface area contributed by atoms with E-state index in [4.69, 9.17) is 4.74 Å². The number of piperidine rings is 1. The van der Waals surface area contributed by atoms with Gasteiger partial charge in [-0.2, -0.15) is 0 Å². The number of rotatable bonds is 3. The molecule has 0 radical (unpaired) electrons. The average molecular weight is 299 g/mol. The maximum atomic E-state index is 5.25. The Morgan fingerprint density at radius 1 is 1.47 bits per heavy atom. The van der Waals surface area contributed by atoms with Crippen LogP contribution in [0.25, 0.3) is 0 Å². The Labute approximate surface area is 112 Å². The van der Waals surface area contributed by atoms with E-state index in [2.05, 4.69) is 35.0 Å². The number of hydrogen-bond donors (Lipinski definition) is 1. The first kappa shape index (κ1) is 12.9. The van der Waals surface area contributed by atoms with E-state index >= 15 is 0 Å². The molecule has 2 atom stereocenters. The summed E-state index contributed by atoms with van der Waals surface area (Å²) in [6, 6.07) is 6.41. The highest BCUT2D eigenvalue weighted by molar-refractivity contribution is 9.10. The Kier molecular flexibility index (Phi) is 4.46. The molecule has 2 nitrogen and oxygen atoms in total. The largest absolute Gasteiger partial charge is 0.496 e. The van der Waals surface area contributed by atoms with E-state index in [0.29, 0.717) is 0 Å². The van der Waals surface area contributed by atoms with Crippen LogP contribution in [-0.2, 0) is 6.54 Å². The van der Waals surface area contributed by atoms with Gasteiger partial charge >= 0.3 is 0 Å². The van der Waals surface area contributed by atoms with Crippen molar-refractivity contribution < 1.29 is 9.64 Å². The van der Waals surface area contributed by atoms with Crippen LogP contribution in [-0.4, -0.2) is 20.2 Å². The van der Waals surface area contributed by atoms with Crippen molar-refractivity contribution in [1.82, 2.24) is 0 Å². The summed E-state index contributed by atoms with van der Waals surface area (Å²) in [7, 11) is 1.71. The van der Waals surface area contributed by atoms with Crippen molar-refractivity contribution in [2.24, 2.45) is 5.92 Å². The number of methoxy groups -OCH3 is 1. The van der Waals surface area contributed by atoms with Gasteiger partial charge < -0.3 is 9.64 Å². The molecule has 1 N–H and O–H groups in total. The van der Waals surface area contributed by atoms with E-state index in [0.717, 1.165) is 22.7 Å². The van der Waals surface area contributed by atoms with Crippen LogP contribution < -0.4 is 9.64 Å². The monoisotopic (exact) mass is 298 g/mol. The lowest BCUT2D eigenvalue weighted by molar-refractivity contribution is -0.922. The van der Waals surface area contributed by atoms with Gasteiger partial charge in [-0.25, -0.2) is 0 Å². The molecule has 17 heavy (non-hydrogen) atoms. The maximum Gasteiger partial charge on any atom is 0.133 e. The summed E-state index contributed by atoms with van der Waals surface area (Å²) < 4.78 is 6.31. The van der Waals surface area contributed by atoms with Crippen molar-refractivity contribution in [2.45, 2.75) is 26.3 Å². The van der Waals surface area contributed by atoms with Crippen LogP contribution >= 0.6 is 15.9 Å². The van der Waals surface area contributed by atoms with E-state index in [9.17, 15) is 0 Å². The highest BCUT2D eigenvalue weighted by Crippen LogP contribution is 2.25. The topological polar surface area (TPSA) is 13.7 Å². The fourth-order valence-corrected chi connectivity index (χ4v) is 3.25. The molecule has 0 amide bonds. The van der Waals surface area contributed by atoms with Gasteiger partial charge in [0.2, 0.25) is 0 Å². The smallest absolute Gasteiger partial charge is 0.133 e. The molecule has 94 valence electrons. The SMILES string of the molecule is COc1ccc(C[NH+]2CCC[C@H](C)C2)cc1Br. The van der Waals surface area contributed by atoms with Gasteiger partial charge in [0.15, 0.2) is 0 Å². The lowest BCUT2D eigenvalue weighted by atomic mass is 10.00. The highest BCUT2D eigenvalue weighted by atomic mass is 79.9. The number of nitrogens with one attached hydrogen (secondary N) is 1. The maximum absolute atomic E-state index is 5.25. The number of benzene rings is 1. The zero-order valence-corrected chi connectivity index (χ0v) is 12.2. The molecule has 0 spiro atoms. The first-order valence-electron chi connectivity index (χ1n) is 6.35. The third-order valence-corrected chi connectivity index (χ3v) is 4.15. The van der Waals surface area contributed by atoms with Crippen molar-refractivity contribution in [1.29, 1.82) is 0 Å². The van der Waals surface area contributed by atoms with Gasteiger partial charge in [-0.15, -0.1) is 0 Å². The molecule has 1 aromatic rings. The summed E-state index contributed by atoms with van der Waals surface area (Å²) in [5.41, 5.74) is 1.39. The lowest BCUT2D eigenvalue weighted by Gasteiger charge is -2.28. The fourth-order valence-electron chi connectivity index (χ4n) is 2.67. The van der Waals surface area contributed by atoms with Crippen LogP contribution in [0, 0.1) is 5.92 Å². The molecule has 0 aromatic heterocycles. The molecular formula is C14H21BrNO+. The van der Waals surface area contributed by atoms with Crippen LogP contribution in [0.2, 0.25) is 0 Å². The molecule has 1 unspecified atom stereocenters. The number of ether oxygens (including phenoxy) is 1. The Bertz CT molecular complexity index is 380. The number of quaternary nitrogens is 1. The Hall–Kier alpha value is -0.540. The number of halogens is 1. The minimum Gasteiger partial charge on any atom is -0.496 e. The molecule has 0 aliphatic carbocycles. The predicted molar refractivity (Wildman–Crippen MR) is 73.5 cm³/mol. The summed E-state index contributed by atoms with van der Waals surface area (Å²) in [6.07, 6.45) is 2.77. The van der Waals surface area contributed by atoms with Crippen LogP contribution in [0.1, 0.15) is 25.3 Å². The van der Waals surface area contributed by atoms with Gasteiger partial charge in [-0.05, 0) is 47.0 Å². The van der Waals surface area contributed by atoms with E-state index in [-0.39, 0.29) is 0 Å². The van der Waals surface area contributed by atoms with Gasteiger partial charge in [-0.1, -0.05) is 6.92 Å². The van der Waals surface area contributed by atoms with Crippen molar-refractivity contribution >= 4 is 15.9 Å². The van der Waals surface area contributed by atoms with E-state index in [1.54, 1.807) is 12.0 Å². The molecule has 1 fully saturated rings. The molecule has 3 heteroatoms. The summed E-state index contributed by atoms with van der Waals surface area (Å²) in [4.78, 5) is 1.71. The third kappa shape index (κ3) is 3.46. The van der Waals surface area contributed by atoms with Crippen LogP contribution in [0.4, 0.5) is 0 Å². The molecule has 1 aromatic carbocycles. The van der Waals surface area contributed by atoms with Crippen LogP contribution in [0.15, 0.2) is 22.7 Å². The van der Waals surface area contributed by atoms with E-state index < -0.39 is 0 Å². The minimum atomic E-state index is 0.875. The van der Waals surface area contributed by atoms with Crippen molar-refractivity contribution in [3.05, 3.63) is 28.2 Å². The van der Waals surface area contributed by atoms with Crippen molar-refractivity contribution in [3.8, 4) is 5.75 Å². The number of hydrogen-bond acceptors (Lipinski definition) is 1. The summed E-state index contributed by atoms with van der Waals surface area (Å²) in [5.74, 6) is 1.79. The molecule has 1 aliphatic heterocycles. The van der Waals surface area contributed by atoms with Gasteiger partial charge in [0.25, 0.3) is 0 Å². The molecule has 1 heterocycles. The third-order valence-electron chi connectivity index (χ3n) is 3.53. The molecule has 0 bridgehead atoms. The standard InChI is InChI=1S/C14H20BrNO/c1-11-4-3-7-16(9-11)10-12-5-6-14(17-2)13(15)8-12/h5-6,8,11H,3-4,7,9-10H2,1-2H3/p+1/t11-/m0/s1. The van der Waals surface area contributed by atoms with Crippen molar-refractivity contribution in [3.63, 3.8) is 0 Å². The molecule has 1 aliphatic rings. The second-order valence-electron chi connectivity index (χ2n) is 5.10. The van der Waals surface area contributed by atoms with E-state index in [1.165, 1.54) is 31.5 Å². The minimum absolute atomic E-state index is 0.875. The zero-order chi connectivity index (χ0) is 12.3. The van der Waals surface area contributed by atoms with Crippen molar-refractivity contribution in [2.75, 3.05) is 20.2 Å². The van der Waals surface area contributed by atoms with Gasteiger partial charge in [0, 0.05) is 11.5 Å². The Balaban J connectivity index is 2.00.